The molecule has 1 unspecified atom stereocenters. The lowest BCUT2D eigenvalue weighted by molar-refractivity contribution is 0.360. The van der Waals surface area contributed by atoms with E-state index in [-0.39, 0.29) is 6.08 Å². The van der Waals surface area contributed by atoms with Crippen LogP contribution in [0.2, 0.25) is 0 Å². The van der Waals surface area contributed by atoms with Crippen LogP contribution in [0.4, 0.5) is 43.9 Å². The lowest BCUT2D eigenvalue weighted by Gasteiger charge is -2.13. The Morgan fingerprint density at radius 1 is 0.583 bits per heavy atom. The first-order valence-corrected chi connectivity index (χ1v) is 6.62. The van der Waals surface area contributed by atoms with E-state index in [1.807, 2.05) is 0 Å². The van der Waals surface area contributed by atoms with Crippen molar-refractivity contribution in [2.45, 2.75) is 10.1 Å². The van der Waals surface area contributed by atoms with Gasteiger partial charge in [0.1, 0.15) is 0 Å². The van der Waals surface area contributed by atoms with Gasteiger partial charge in [-0.3, -0.25) is 0 Å². The highest BCUT2D eigenvalue weighted by atomic mass is 32.2. The minimum Gasteiger partial charge on any atom is -0.207 e. The normalized spacial score (nSPS) is 18.9. The maximum atomic E-state index is 13.7. The number of benzene rings is 1. The van der Waals surface area contributed by atoms with Crippen LogP contribution in [0.1, 0.15) is 0 Å². The van der Waals surface area contributed by atoms with E-state index in [9.17, 15) is 43.9 Å². The molecule has 0 fully saturated rings. The van der Waals surface area contributed by atoms with Crippen LogP contribution < -0.4 is 0 Å². The van der Waals surface area contributed by atoms with E-state index >= 15 is 0 Å². The molecule has 0 spiro atoms. The third-order valence-corrected chi connectivity index (χ3v) is 3.96. The Kier molecular flexibility index (Phi) is 5.02. The van der Waals surface area contributed by atoms with Crippen molar-refractivity contribution in [2.24, 2.45) is 0 Å². The zero-order chi connectivity index (χ0) is 18.3. The maximum absolute atomic E-state index is 13.7. The average Bonchev–Trinajstić information content (AvgIpc) is 2.63. The lowest BCUT2D eigenvalue weighted by atomic mass is 10.3. The predicted molar refractivity (Wildman–Crippen MR) is 63.6 cm³/mol. The summed E-state index contributed by atoms with van der Waals surface area (Å²) in [6, 6.07) is 0. The molecule has 0 heterocycles. The van der Waals surface area contributed by atoms with Gasteiger partial charge < -0.3 is 0 Å². The maximum Gasteiger partial charge on any atom is 0.200 e. The Labute approximate surface area is 131 Å². The van der Waals surface area contributed by atoms with Crippen LogP contribution >= 0.6 is 11.8 Å². The molecule has 1 aliphatic carbocycles. The average molecular weight is 380 g/mol. The third-order valence-electron chi connectivity index (χ3n) is 2.77. The minimum absolute atomic E-state index is 0.112. The molecule has 0 nitrogen and oxygen atoms in total. The topological polar surface area (TPSA) is 0 Å². The summed E-state index contributed by atoms with van der Waals surface area (Å²) < 4.78 is 132. The van der Waals surface area contributed by atoms with E-state index < -0.39 is 80.1 Å². The fourth-order valence-corrected chi connectivity index (χ4v) is 2.65. The van der Waals surface area contributed by atoms with Gasteiger partial charge in [-0.05, 0) is 6.08 Å². The van der Waals surface area contributed by atoms with Gasteiger partial charge in [0.2, 0.25) is 5.82 Å². The standard InChI is InChI=1S/C13H2F10S/c14-2-1-3(5(16)7(18)6(17)4(2)15)24-13-11(22)9(20)8(19)10(21)12(13)23/h1,3H. The second-order valence-corrected chi connectivity index (χ2v) is 5.39. The molecular formula is C13H2F10S. The molecule has 0 bridgehead atoms. The zero-order valence-corrected chi connectivity index (χ0v) is 11.7. The van der Waals surface area contributed by atoms with E-state index in [0.29, 0.717) is 0 Å². The van der Waals surface area contributed by atoms with Gasteiger partial charge in [-0.25, -0.2) is 43.9 Å². The number of hydrogen-bond donors (Lipinski definition) is 0. The van der Waals surface area contributed by atoms with Gasteiger partial charge >= 0.3 is 0 Å². The Morgan fingerprint density at radius 2 is 1.04 bits per heavy atom. The molecule has 0 amide bonds. The molecule has 1 aromatic carbocycles. The molecule has 130 valence electrons. The monoisotopic (exact) mass is 380 g/mol. The van der Waals surface area contributed by atoms with Gasteiger partial charge in [0.25, 0.3) is 0 Å². The van der Waals surface area contributed by atoms with Crippen LogP contribution in [0.5, 0.6) is 0 Å². The number of allylic oxidation sites excluding steroid dienone is 4. The molecule has 0 saturated carbocycles. The van der Waals surface area contributed by atoms with E-state index in [1.165, 1.54) is 0 Å². The highest BCUT2D eigenvalue weighted by molar-refractivity contribution is 8.00. The summed E-state index contributed by atoms with van der Waals surface area (Å²) in [7, 11) is 0. The molecule has 0 aliphatic heterocycles. The van der Waals surface area contributed by atoms with Crippen LogP contribution in [0.25, 0.3) is 0 Å². The van der Waals surface area contributed by atoms with Gasteiger partial charge in [-0.1, -0.05) is 0 Å². The first-order valence-electron chi connectivity index (χ1n) is 5.74. The van der Waals surface area contributed by atoms with Crippen molar-refractivity contribution < 1.29 is 43.9 Å². The Bertz CT molecular complexity index is 778. The van der Waals surface area contributed by atoms with Gasteiger partial charge in [0.15, 0.2) is 52.4 Å². The SMILES string of the molecule is FC1=CC(Sc2c(F)c(F)c(F)c(F)c2F)C(F)=C(F)C(F)=C1F. The van der Waals surface area contributed by atoms with E-state index in [2.05, 4.69) is 0 Å². The number of hydrogen-bond acceptors (Lipinski definition) is 1. The van der Waals surface area contributed by atoms with Gasteiger partial charge in [-0.15, -0.1) is 11.8 Å². The molecule has 24 heavy (non-hydrogen) atoms. The first-order chi connectivity index (χ1) is 11.1. The number of thioether (sulfide) groups is 1. The molecule has 2 rings (SSSR count). The summed E-state index contributed by atoms with van der Waals surface area (Å²) in [5.74, 6) is -23.8. The molecule has 0 aromatic heterocycles. The van der Waals surface area contributed by atoms with Gasteiger partial charge in [-0.2, -0.15) is 0 Å². The van der Waals surface area contributed by atoms with Crippen molar-refractivity contribution in [3.8, 4) is 0 Å². The van der Waals surface area contributed by atoms with Gasteiger partial charge in [0.05, 0.1) is 10.1 Å². The quantitative estimate of drug-likeness (QED) is 0.344. The van der Waals surface area contributed by atoms with Crippen molar-refractivity contribution in [1.82, 2.24) is 0 Å². The predicted octanol–water partition coefficient (Wildman–Crippen LogP) is 6.01. The van der Waals surface area contributed by atoms with Crippen molar-refractivity contribution in [3.63, 3.8) is 0 Å². The number of halogens is 10. The van der Waals surface area contributed by atoms with Crippen LogP contribution in [0, 0.1) is 29.1 Å². The van der Waals surface area contributed by atoms with E-state index in [4.69, 9.17) is 0 Å². The molecule has 0 N–H and O–H groups in total. The summed E-state index contributed by atoms with van der Waals surface area (Å²) >= 11 is -0.558. The van der Waals surface area contributed by atoms with Crippen molar-refractivity contribution in [2.75, 3.05) is 0 Å². The van der Waals surface area contributed by atoms with Gasteiger partial charge in [0, 0.05) is 0 Å². The lowest BCUT2D eigenvalue weighted by Crippen LogP contribution is -2.08. The molecule has 11 heteroatoms. The van der Waals surface area contributed by atoms with Crippen molar-refractivity contribution in [1.29, 1.82) is 0 Å². The van der Waals surface area contributed by atoms with E-state index in [0.717, 1.165) is 0 Å². The van der Waals surface area contributed by atoms with Crippen LogP contribution in [-0.2, 0) is 0 Å². The molecular weight excluding hydrogens is 378 g/mol. The fraction of sp³-hybridized carbons (Fsp3) is 0.0769. The molecule has 0 radical (unpaired) electrons. The second kappa shape index (κ2) is 6.54. The minimum atomic E-state index is -2.54. The fourth-order valence-electron chi connectivity index (χ4n) is 1.61. The van der Waals surface area contributed by atoms with Crippen LogP contribution in [-0.4, -0.2) is 5.25 Å². The largest absolute Gasteiger partial charge is 0.207 e. The third kappa shape index (κ3) is 2.92. The van der Waals surface area contributed by atoms with Crippen molar-refractivity contribution in [3.05, 3.63) is 64.3 Å². The Hall–Kier alpha value is -1.91. The summed E-state index contributed by atoms with van der Waals surface area (Å²) in [4.78, 5) is -1.67. The van der Waals surface area contributed by atoms with E-state index in [1.54, 1.807) is 0 Å². The molecule has 1 atom stereocenters. The summed E-state index contributed by atoms with van der Waals surface area (Å²) in [5.41, 5.74) is 0. The second-order valence-electron chi connectivity index (χ2n) is 4.24. The highest BCUT2D eigenvalue weighted by Gasteiger charge is 2.33. The molecule has 1 aliphatic rings. The zero-order valence-electron chi connectivity index (χ0n) is 10.8. The van der Waals surface area contributed by atoms with Crippen LogP contribution in [0.3, 0.4) is 0 Å². The summed E-state index contributed by atoms with van der Waals surface area (Å²) in [5, 5.41) is -2.42. The summed E-state index contributed by atoms with van der Waals surface area (Å²) in [6.45, 7) is 0. The van der Waals surface area contributed by atoms with Crippen LogP contribution in [0.15, 0.2) is 40.1 Å². The molecule has 1 aromatic rings. The summed E-state index contributed by atoms with van der Waals surface area (Å²) in [6.07, 6.45) is -0.112. The smallest absolute Gasteiger partial charge is 0.200 e. The Balaban J connectivity index is 2.57. The highest BCUT2D eigenvalue weighted by Crippen LogP contribution is 2.42. The Morgan fingerprint density at radius 3 is 1.54 bits per heavy atom. The van der Waals surface area contributed by atoms with Crippen molar-refractivity contribution >= 4 is 11.8 Å². The first kappa shape index (κ1) is 18.4. The number of rotatable bonds is 2. The molecule has 0 saturated heterocycles.